The SMILES string of the molecule is COc1ccc(C(OC(CCCc2ccc(Oc3ccc(CCCC(ON(CCC#N)P(=O)(C(C)C)C(C)C)OC(c4ccccc4)(c4ccccc4)c4ccc(OC)cc4OC)cc3)cc2)ON(CCC#N)P(=O)(C(C)C)C(C)C)(c2ccccc2)c2ccccc2)c(OC)c1. The van der Waals surface area contributed by atoms with Crippen molar-refractivity contribution in [1.29, 1.82) is 10.5 Å². The van der Waals surface area contributed by atoms with Crippen LogP contribution in [-0.4, -0.2) is 86.4 Å². The molecule has 17 heteroatoms. The van der Waals surface area contributed by atoms with Gasteiger partial charge in [-0.3, -0.25) is 9.68 Å². The van der Waals surface area contributed by atoms with Crippen LogP contribution in [0, 0.1) is 22.7 Å². The van der Waals surface area contributed by atoms with Crippen molar-refractivity contribution in [2.45, 2.75) is 153 Å². The van der Waals surface area contributed by atoms with Crippen LogP contribution in [0.1, 0.15) is 138 Å². The molecule has 2 unspecified atom stereocenters. The molecule has 0 saturated heterocycles. The summed E-state index contributed by atoms with van der Waals surface area (Å²) in [5.41, 5.74) is 3.08. The highest BCUT2D eigenvalue weighted by Crippen LogP contribution is 2.61. The first kappa shape index (κ1) is 74.7. The molecule has 2 atom stereocenters. The van der Waals surface area contributed by atoms with Crippen LogP contribution in [0.2, 0.25) is 0 Å². The van der Waals surface area contributed by atoms with Crippen molar-refractivity contribution in [2.24, 2.45) is 0 Å². The molecule has 0 heterocycles. The quantitative estimate of drug-likeness (QED) is 0.0155. The Hall–Kier alpha value is -8.04. The maximum absolute atomic E-state index is 15.3. The van der Waals surface area contributed by atoms with Crippen LogP contribution in [0.5, 0.6) is 34.5 Å². The molecule has 0 spiro atoms. The summed E-state index contributed by atoms with van der Waals surface area (Å²) >= 11 is 0. The molecule has 8 aromatic carbocycles. The Morgan fingerprint density at radius 2 is 0.701 bits per heavy atom. The summed E-state index contributed by atoms with van der Waals surface area (Å²) in [6.07, 6.45) is 1.51. The minimum Gasteiger partial charge on any atom is -0.497 e. The molecule has 0 aromatic heterocycles. The van der Waals surface area contributed by atoms with Gasteiger partial charge in [0.15, 0.2) is 38.4 Å². The number of methoxy groups -OCH3 is 4. The van der Waals surface area contributed by atoms with Gasteiger partial charge < -0.3 is 42.3 Å². The van der Waals surface area contributed by atoms with Crippen molar-refractivity contribution < 1.29 is 52.0 Å². The number of hydrogen-bond donors (Lipinski definition) is 0. The van der Waals surface area contributed by atoms with Crippen molar-refractivity contribution >= 4 is 14.6 Å². The third-order valence-electron chi connectivity index (χ3n) is 17.8. The van der Waals surface area contributed by atoms with E-state index in [0.29, 0.717) is 84.1 Å². The zero-order valence-corrected chi connectivity index (χ0v) is 60.1. The number of benzene rings is 8. The molecule has 0 fully saturated rings. The Bertz CT molecular complexity index is 3550. The predicted molar refractivity (Wildman–Crippen MR) is 385 cm³/mol. The summed E-state index contributed by atoms with van der Waals surface area (Å²) < 4.78 is 75.9. The van der Waals surface area contributed by atoms with E-state index in [-0.39, 0.29) is 48.6 Å². The first-order valence-corrected chi connectivity index (χ1v) is 37.2. The summed E-state index contributed by atoms with van der Waals surface area (Å²) in [6, 6.07) is 71.9. The van der Waals surface area contributed by atoms with Crippen molar-refractivity contribution in [1.82, 2.24) is 9.67 Å². The lowest BCUT2D eigenvalue weighted by molar-refractivity contribution is -0.271. The molecule has 0 amide bonds. The molecule has 0 radical (unpaired) electrons. The fourth-order valence-electron chi connectivity index (χ4n) is 12.8. The number of nitrogens with zero attached hydrogens (tertiary/aromatic N) is 4. The van der Waals surface area contributed by atoms with Crippen molar-refractivity contribution in [3.63, 3.8) is 0 Å². The molecule has 0 bridgehead atoms. The topological polar surface area (TPSA) is 171 Å². The second-order valence-electron chi connectivity index (χ2n) is 25.1. The van der Waals surface area contributed by atoms with E-state index in [0.717, 1.165) is 33.4 Å². The fraction of sp³-hybridized carbons (Fsp3) is 0.375. The van der Waals surface area contributed by atoms with Gasteiger partial charge in [-0.05, 0) is 108 Å². The van der Waals surface area contributed by atoms with E-state index >= 15 is 9.13 Å². The van der Waals surface area contributed by atoms with Crippen LogP contribution < -0.4 is 23.7 Å². The lowest BCUT2D eigenvalue weighted by Crippen LogP contribution is -2.42. The average Bonchev–Trinajstić information content (AvgIpc) is 0.744. The lowest BCUT2D eigenvalue weighted by Gasteiger charge is -2.42. The van der Waals surface area contributed by atoms with Gasteiger partial charge in [-0.2, -0.15) is 10.5 Å². The smallest absolute Gasteiger partial charge is 0.180 e. The molecule has 97 heavy (non-hydrogen) atoms. The Balaban J connectivity index is 1.04. The molecular formula is C80H96N4O11P2. The van der Waals surface area contributed by atoms with Gasteiger partial charge in [-0.15, -0.1) is 9.67 Å². The van der Waals surface area contributed by atoms with E-state index in [4.69, 9.17) is 42.8 Å². The predicted octanol–water partition coefficient (Wildman–Crippen LogP) is 19.3. The Kier molecular flexibility index (Phi) is 27.3. The fourth-order valence-corrected chi connectivity index (χ4v) is 18.5. The number of nitriles is 2. The van der Waals surface area contributed by atoms with Crippen LogP contribution >= 0.6 is 14.6 Å². The second-order valence-corrected chi connectivity index (χ2v) is 32.8. The number of aryl methyl sites for hydroxylation is 2. The van der Waals surface area contributed by atoms with Crippen molar-refractivity contribution in [3.05, 3.63) is 251 Å². The maximum Gasteiger partial charge on any atom is 0.180 e. The molecule has 0 aliphatic heterocycles. The van der Waals surface area contributed by atoms with Crippen LogP contribution in [0.15, 0.2) is 206 Å². The molecule has 0 aliphatic rings. The van der Waals surface area contributed by atoms with Gasteiger partial charge in [0.25, 0.3) is 0 Å². The first-order valence-electron chi connectivity index (χ1n) is 33.6. The van der Waals surface area contributed by atoms with E-state index in [1.54, 1.807) is 38.1 Å². The van der Waals surface area contributed by atoms with Crippen molar-refractivity contribution in [3.8, 4) is 46.6 Å². The molecule has 0 N–H and O–H groups in total. The monoisotopic (exact) mass is 1350 g/mol. The van der Waals surface area contributed by atoms with E-state index in [9.17, 15) is 10.5 Å². The summed E-state index contributed by atoms with van der Waals surface area (Å²) in [5.74, 6) is 3.64. The lowest BCUT2D eigenvalue weighted by atomic mass is 9.79. The molecule has 15 nitrogen and oxygen atoms in total. The summed E-state index contributed by atoms with van der Waals surface area (Å²) in [4.78, 5) is 17.2. The first-order chi connectivity index (χ1) is 46.8. The van der Waals surface area contributed by atoms with Crippen molar-refractivity contribution in [2.75, 3.05) is 41.5 Å². The standard InChI is InChI=1S/C80H96N4O11P2/c1-59(2)96(85,60(3)4)83(55-27-53-81)94-77(92-79(65-31-17-13-18-32-65,66-33-19-14-20-34-66)73-51-49-71(87-9)57-75(73)89-11)39-25-29-63-41-45-69(46-42-63)91-70-47-43-64(44-48-70)30-26-40-78(95-84(56-28-54-82)97(86,61(5)6)62(7)8)93-80(67-35-21-15-22-36-67,68-37-23-16-24-38-68)74-52-50-72(88-10)58-76(74)90-12/h13-24,31-38,41-52,57-62,77-78H,25-30,39-40,55-56H2,1-12H3. The third kappa shape index (κ3) is 17.6. The zero-order chi connectivity index (χ0) is 69.6. The summed E-state index contributed by atoms with van der Waals surface area (Å²) in [7, 11) is -0.0414. The number of rotatable bonds is 38. The van der Waals surface area contributed by atoms with Gasteiger partial charge in [-0.25, -0.2) is 0 Å². The zero-order valence-electron chi connectivity index (χ0n) is 58.3. The second kappa shape index (κ2) is 35.5. The highest BCUT2D eigenvalue weighted by atomic mass is 31.2. The normalized spacial score (nSPS) is 12.8. The third-order valence-corrected chi connectivity index (χ3v) is 25.7. The molecular weight excluding hydrogens is 1250 g/mol. The van der Waals surface area contributed by atoms with Gasteiger partial charge in [0, 0.05) is 71.8 Å². The molecule has 8 aromatic rings. The summed E-state index contributed by atoms with van der Waals surface area (Å²) in [6.45, 7) is 15.8. The average molecular weight is 1350 g/mol. The Morgan fingerprint density at radius 3 is 0.969 bits per heavy atom. The number of hydrogen-bond acceptors (Lipinski definition) is 13. The van der Waals surface area contributed by atoms with Gasteiger partial charge >= 0.3 is 0 Å². The van der Waals surface area contributed by atoms with Gasteiger partial charge in [0.05, 0.1) is 53.4 Å². The summed E-state index contributed by atoms with van der Waals surface area (Å²) in [5, 5.41) is 19.9. The number of hydroxylamine groups is 2. The van der Waals surface area contributed by atoms with E-state index in [2.05, 4.69) is 36.4 Å². The molecule has 8 rings (SSSR count). The van der Waals surface area contributed by atoms with Gasteiger partial charge in [-0.1, -0.05) is 201 Å². The minimum absolute atomic E-state index is 0.0984. The highest BCUT2D eigenvalue weighted by Gasteiger charge is 2.48. The maximum atomic E-state index is 15.3. The Labute approximate surface area is 575 Å². The van der Waals surface area contributed by atoms with Crippen LogP contribution in [0.3, 0.4) is 0 Å². The largest absolute Gasteiger partial charge is 0.497 e. The van der Waals surface area contributed by atoms with Crippen LogP contribution in [0.4, 0.5) is 0 Å². The van der Waals surface area contributed by atoms with Gasteiger partial charge in [0.1, 0.15) is 34.5 Å². The highest BCUT2D eigenvalue weighted by molar-refractivity contribution is 7.63. The number of ether oxygens (including phenoxy) is 7. The molecule has 512 valence electrons. The van der Waals surface area contributed by atoms with Gasteiger partial charge in [0.2, 0.25) is 0 Å². The molecule has 0 aliphatic carbocycles. The van der Waals surface area contributed by atoms with Crippen LogP contribution in [-0.2, 0) is 52.3 Å². The van der Waals surface area contributed by atoms with E-state index in [1.165, 1.54) is 0 Å². The Morgan fingerprint density at radius 1 is 0.402 bits per heavy atom. The van der Waals surface area contributed by atoms with Crippen LogP contribution in [0.25, 0.3) is 0 Å². The van der Waals surface area contributed by atoms with E-state index in [1.807, 2.05) is 237 Å². The minimum atomic E-state index is -3.26. The van der Waals surface area contributed by atoms with E-state index < -0.39 is 38.4 Å². The molecule has 0 saturated carbocycles.